The van der Waals surface area contributed by atoms with Crippen molar-refractivity contribution in [1.29, 1.82) is 0 Å². The fourth-order valence-electron chi connectivity index (χ4n) is 2.62. The molecule has 0 radical (unpaired) electrons. The van der Waals surface area contributed by atoms with E-state index < -0.39 is 26.4 Å². The maximum absolute atomic E-state index is 12.7. The van der Waals surface area contributed by atoms with Crippen LogP contribution in [0, 0.1) is 10.1 Å². The number of rotatable bonds is 10. The number of hydrogen-bond acceptors (Lipinski definition) is 6. The predicted octanol–water partition coefficient (Wildman–Crippen LogP) is 3.08. The molecule has 1 rings (SSSR count). The van der Waals surface area contributed by atoms with Gasteiger partial charge in [-0.3, -0.25) is 14.9 Å². The molecule has 0 saturated heterocycles. The summed E-state index contributed by atoms with van der Waals surface area (Å²) in [6.07, 6.45) is 1.70. The minimum absolute atomic E-state index is 0.118. The zero-order chi connectivity index (χ0) is 20.8. The van der Waals surface area contributed by atoms with Gasteiger partial charge in [0, 0.05) is 49.7 Å². The van der Waals surface area contributed by atoms with E-state index in [-0.39, 0.29) is 16.1 Å². The van der Waals surface area contributed by atoms with Crippen LogP contribution in [0.4, 0.5) is 11.4 Å². The molecule has 0 fully saturated rings. The molecule has 0 spiro atoms. The maximum Gasteiger partial charge on any atom is 0.283 e. The highest BCUT2D eigenvalue weighted by atomic mass is 79.9. The number of sulfone groups is 1. The Bertz CT molecular complexity index is 795. The fraction of sp³-hybridized carbons (Fsp3) is 0.562. The molecule has 0 aromatic heterocycles. The molecule has 1 aromatic carbocycles. The lowest BCUT2D eigenvalue weighted by Gasteiger charge is -2.26. The van der Waals surface area contributed by atoms with E-state index in [0.29, 0.717) is 36.7 Å². The topological polar surface area (TPSA) is 101 Å². The van der Waals surface area contributed by atoms with Crippen LogP contribution in [0.15, 0.2) is 17.0 Å². The van der Waals surface area contributed by atoms with Crippen LogP contribution in [0.25, 0.3) is 0 Å². The summed E-state index contributed by atoms with van der Waals surface area (Å²) in [7, 11) is -2.18. The van der Waals surface area contributed by atoms with Crippen molar-refractivity contribution in [3.63, 3.8) is 0 Å². The van der Waals surface area contributed by atoms with Crippen LogP contribution in [0.5, 0.6) is 0 Å². The first-order chi connectivity index (χ1) is 12.6. The normalized spacial score (nSPS) is 11.3. The van der Waals surface area contributed by atoms with Crippen LogP contribution in [0.1, 0.15) is 23.7 Å². The molecule has 0 heterocycles. The summed E-state index contributed by atoms with van der Waals surface area (Å²) in [4.78, 5) is 26.6. The van der Waals surface area contributed by atoms with Crippen molar-refractivity contribution >= 4 is 59.0 Å². The molecule has 1 amide bonds. The molecule has 0 bridgehead atoms. The van der Waals surface area contributed by atoms with E-state index in [9.17, 15) is 23.3 Å². The molecular formula is C16H23Br2N3O5S. The number of halogens is 2. The quantitative estimate of drug-likeness (QED) is 0.263. The molecule has 11 heteroatoms. The number of benzene rings is 1. The Hall–Kier alpha value is -1.20. The molecule has 0 aliphatic heterocycles. The fourth-order valence-corrected chi connectivity index (χ4v) is 4.37. The Morgan fingerprint density at radius 2 is 1.74 bits per heavy atom. The first-order valence-corrected chi connectivity index (χ1v) is 12.4. The van der Waals surface area contributed by atoms with Crippen LogP contribution < -0.4 is 4.90 Å². The van der Waals surface area contributed by atoms with Gasteiger partial charge in [-0.2, -0.15) is 0 Å². The Labute approximate surface area is 176 Å². The summed E-state index contributed by atoms with van der Waals surface area (Å²) in [5.41, 5.74) is -0.340. The van der Waals surface area contributed by atoms with Gasteiger partial charge in [-0.25, -0.2) is 8.42 Å². The van der Waals surface area contributed by atoms with Gasteiger partial charge in [0.05, 0.1) is 15.5 Å². The number of alkyl halides is 2. The molecule has 0 saturated carbocycles. The lowest BCUT2D eigenvalue weighted by molar-refractivity contribution is -0.385. The smallest absolute Gasteiger partial charge is 0.283 e. The number of nitro benzene ring substituents is 1. The van der Waals surface area contributed by atoms with Gasteiger partial charge >= 0.3 is 0 Å². The van der Waals surface area contributed by atoms with E-state index in [2.05, 4.69) is 31.9 Å². The van der Waals surface area contributed by atoms with Crippen molar-refractivity contribution in [2.75, 3.05) is 48.5 Å². The molecule has 152 valence electrons. The molecular weight excluding hydrogens is 506 g/mol. The Morgan fingerprint density at radius 3 is 2.15 bits per heavy atom. The number of carbonyl (C=O) groups excluding carboxylic acids is 1. The third-order valence-corrected chi connectivity index (χ3v) is 5.69. The highest BCUT2D eigenvalue weighted by molar-refractivity contribution is 9.09. The van der Waals surface area contributed by atoms with Crippen LogP contribution in [-0.4, -0.2) is 67.7 Å². The largest absolute Gasteiger partial charge is 0.369 e. The Balaban J connectivity index is 3.75. The van der Waals surface area contributed by atoms with E-state index in [1.165, 1.54) is 11.0 Å². The first kappa shape index (κ1) is 23.8. The van der Waals surface area contributed by atoms with Gasteiger partial charge in [0.15, 0.2) is 9.84 Å². The number of nitrogens with zero attached hydrogens (tertiary/aromatic N) is 3. The highest BCUT2D eigenvalue weighted by Crippen LogP contribution is 2.34. The molecule has 0 unspecified atom stereocenters. The van der Waals surface area contributed by atoms with Gasteiger partial charge in [-0.05, 0) is 12.5 Å². The van der Waals surface area contributed by atoms with E-state index in [4.69, 9.17) is 0 Å². The average Bonchev–Trinajstić information content (AvgIpc) is 2.59. The summed E-state index contributed by atoms with van der Waals surface area (Å²) in [6, 6.07) is 2.32. The molecule has 8 nitrogen and oxygen atoms in total. The van der Waals surface area contributed by atoms with Gasteiger partial charge in [-0.1, -0.05) is 38.8 Å². The summed E-state index contributed by atoms with van der Waals surface area (Å²) < 4.78 is 24.6. The van der Waals surface area contributed by atoms with Gasteiger partial charge in [0.25, 0.3) is 11.6 Å². The van der Waals surface area contributed by atoms with E-state index >= 15 is 0 Å². The van der Waals surface area contributed by atoms with Crippen LogP contribution >= 0.6 is 31.9 Å². The Morgan fingerprint density at radius 1 is 1.19 bits per heavy atom. The molecule has 1 aromatic rings. The molecule has 27 heavy (non-hydrogen) atoms. The minimum atomic E-state index is -3.75. The molecule has 0 atom stereocenters. The molecule has 0 aliphatic carbocycles. The van der Waals surface area contributed by atoms with Crippen LogP contribution in [0.2, 0.25) is 0 Å². The summed E-state index contributed by atoms with van der Waals surface area (Å²) >= 11 is 6.66. The number of anilines is 1. The van der Waals surface area contributed by atoms with Crippen molar-refractivity contribution < 1.29 is 18.1 Å². The summed E-state index contributed by atoms with van der Waals surface area (Å²) in [5.74, 6) is -0.512. The molecule has 0 N–H and O–H groups in total. The van der Waals surface area contributed by atoms with Crippen molar-refractivity contribution in [2.24, 2.45) is 0 Å². The maximum atomic E-state index is 12.7. The first-order valence-electron chi connectivity index (χ1n) is 8.23. The van der Waals surface area contributed by atoms with Crippen LogP contribution in [0.3, 0.4) is 0 Å². The highest BCUT2D eigenvalue weighted by Gasteiger charge is 2.30. The Kier molecular flexibility index (Phi) is 9.16. The lowest BCUT2D eigenvalue weighted by atomic mass is 10.1. The average molecular weight is 529 g/mol. The minimum Gasteiger partial charge on any atom is -0.369 e. The second-order valence-corrected chi connectivity index (χ2v) is 9.53. The number of nitro groups is 1. The van der Waals surface area contributed by atoms with Gasteiger partial charge in [0.2, 0.25) is 0 Å². The van der Waals surface area contributed by atoms with Crippen molar-refractivity contribution in [1.82, 2.24) is 4.90 Å². The summed E-state index contributed by atoms with van der Waals surface area (Å²) in [5, 5.41) is 12.7. The zero-order valence-electron chi connectivity index (χ0n) is 15.4. The van der Waals surface area contributed by atoms with E-state index in [1.807, 2.05) is 6.92 Å². The lowest BCUT2D eigenvalue weighted by Crippen LogP contribution is -2.31. The number of hydrogen-bond donors (Lipinski definition) is 0. The van der Waals surface area contributed by atoms with Gasteiger partial charge in [0.1, 0.15) is 5.56 Å². The second kappa shape index (κ2) is 10.4. The number of amides is 1. The van der Waals surface area contributed by atoms with Gasteiger partial charge < -0.3 is 9.80 Å². The third-order valence-electron chi connectivity index (χ3n) is 3.86. The second-order valence-electron chi connectivity index (χ2n) is 5.96. The predicted molar refractivity (Wildman–Crippen MR) is 113 cm³/mol. The van der Waals surface area contributed by atoms with Crippen molar-refractivity contribution in [3.8, 4) is 0 Å². The van der Waals surface area contributed by atoms with Crippen LogP contribution in [-0.2, 0) is 9.84 Å². The van der Waals surface area contributed by atoms with Gasteiger partial charge in [-0.15, -0.1) is 0 Å². The van der Waals surface area contributed by atoms with Crippen molar-refractivity contribution in [2.45, 2.75) is 18.2 Å². The van der Waals surface area contributed by atoms with E-state index in [1.54, 1.807) is 11.9 Å². The van der Waals surface area contributed by atoms with Crippen molar-refractivity contribution in [3.05, 3.63) is 27.8 Å². The third kappa shape index (κ3) is 6.15. The zero-order valence-corrected chi connectivity index (χ0v) is 19.4. The van der Waals surface area contributed by atoms with E-state index in [0.717, 1.165) is 12.3 Å². The summed E-state index contributed by atoms with van der Waals surface area (Å²) in [6.45, 7) is 3.28. The number of carbonyl (C=O) groups is 1. The molecule has 0 aliphatic rings. The SMILES string of the molecule is CCCN(C)C(=O)c1cc(N(CCBr)CCBr)c(S(C)(=O)=O)cc1[N+](=O)[O-]. The monoisotopic (exact) mass is 527 g/mol. The standard InChI is InChI=1S/C16H23Br2N3O5S/c1-4-7-19(2)16(22)12-10-14(20(8-5-17)9-6-18)15(27(3,25)26)11-13(12)21(23)24/h10-11H,4-9H2,1-3H3.